The lowest BCUT2D eigenvalue weighted by molar-refractivity contribution is -0.130. The molecule has 0 saturated carbocycles. The third kappa shape index (κ3) is 5.95. The first-order chi connectivity index (χ1) is 13.3. The molecular weight excluding hydrogens is 370 g/mol. The minimum Gasteiger partial charge on any atom is -0.478 e. The summed E-state index contributed by atoms with van der Waals surface area (Å²) in [4.78, 5) is 14.7. The zero-order valence-corrected chi connectivity index (χ0v) is 18.0. The number of hydrogen-bond donors (Lipinski definition) is 1. The van der Waals surface area contributed by atoms with Crippen LogP contribution in [0.1, 0.15) is 45.2 Å². The van der Waals surface area contributed by atoms with E-state index in [0.717, 1.165) is 30.8 Å². The van der Waals surface area contributed by atoms with Crippen LogP contribution in [0.5, 0.6) is 0 Å². The molecule has 150 valence electrons. The molecule has 0 heterocycles. The third-order valence-corrected chi connectivity index (χ3v) is 5.22. The Morgan fingerprint density at radius 1 is 0.964 bits per heavy atom. The van der Waals surface area contributed by atoms with E-state index in [1.807, 2.05) is 30.3 Å². The highest BCUT2D eigenvalue weighted by molar-refractivity contribution is 6.31. The standard InChI is InChI=1S/C24H30ClNO2/c1-5-26(6-2)17-24(3,4)16-21(18-10-8-7-9-11-18)22(23(27)28)19-12-14-20(25)15-13-19/h7-15H,5-6,16-17H2,1-4H3,(H,27,28). The Balaban J connectivity index is 2.58. The van der Waals surface area contributed by atoms with Gasteiger partial charge in [-0.05, 0) is 53.8 Å². The van der Waals surface area contributed by atoms with Crippen LogP contribution in [0, 0.1) is 5.41 Å². The lowest BCUT2D eigenvalue weighted by Gasteiger charge is -2.33. The number of aliphatic carboxylic acids is 1. The van der Waals surface area contributed by atoms with Crippen LogP contribution in [0.2, 0.25) is 5.02 Å². The molecule has 4 heteroatoms. The van der Waals surface area contributed by atoms with Crippen molar-refractivity contribution in [2.45, 2.75) is 34.1 Å². The molecule has 0 atom stereocenters. The van der Waals surface area contributed by atoms with Gasteiger partial charge in [-0.15, -0.1) is 0 Å². The number of benzene rings is 2. The first-order valence-electron chi connectivity index (χ1n) is 9.77. The van der Waals surface area contributed by atoms with Gasteiger partial charge in [0.05, 0.1) is 5.57 Å². The fourth-order valence-corrected chi connectivity index (χ4v) is 3.73. The van der Waals surface area contributed by atoms with Crippen LogP contribution in [0.3, 0.4) is 0 Å². The summed E-state index contributed by atoms with van der Waals surface area (Å²) in [6.07, 6.45) is 0.664. The Labute approximate surface area is 173 Å². The van der Waals surface area contributed by atoms with Gasteiger partial charge in [0, 0.05) is 11.6 Å². The predicted octanol–water partition coefficient (Wildman–Crippen LogP) is 6.09. The maximum Gasteiger partial charge on any atom is 0.336 e. The fraction of sp³-hybridized carbons (Fsp3) is 0.375. The van der Waals surface area contributed by atoms with Crippen LogP contribution < -0.4 is 0 Å². The molecule has 0 saturated heterocycles. The average Bonchev–Trinajstić information content (AvgIpc) is 2.67. The van der Waals surface area contributed by atoms with Crippen molar-refractivity contribution in [3.63, 3.8) is 0 Å². The van der Waals surface area contributed by atoms with Crippen molar-refractivity contribution in [2.24, 2.45) is 5.41 Å². The first kappa shape index (κ1) is 22.2. The van der Waals surface area contributed by atoms with Gasteiger partial charge in [0.2, 0.25) is 0 Å². The molecule has 0 fully saturated rings. The highest BCUT2D eigenvalue weighted by Gasteiger charge is 2.27. The Hall–Kier alpha value is -2.10. The van der Waals surface area contributed by atoms with Crippen LogP contribution in [0.25, 0.3) is 11.1 Å². The lowest BCUT2D eigenvalue weighted by atomic mass is 9.80. The van der Waals surface area contributed by atoms with Gasteiger partial charge in [0.25, 0.3) is 0 Å². The Bertz CT molecular complexity index is 806. The molecule has 28 heavy (non-hydrogen) atoms. The molecule has 2 rings (SSSR count). The molecule has 2 aromatic carbocycles. The first-order valence-corrected chi connectivity index (χ1v) is 10.2. The van der Waals surface area contributed by atoms with Gasteiger partial charge in [-0.2, -0.15) is 0 Å². The average molecular weight is 400 g/mol. The molecule has 0 aliphatic rings. The van der Waals surface area contributed by atoms with Crippen molar-refractivity contribution in [3.8, 4) is 0 Å². The molecule has 1 N–H and O–H groups in total. The van der Waals surface area contributed by atoms with Crippen LogP contribution in [0.15, 0.2) is 54.6 Å². The van der Waals surface area contributed by atoms with E-state index in [0.29, 0.717) is 22.6 Å². The minimum absolute atomic E-state index is 0.0790. The maximum atomic E-state index is 12.3. The third-order valence-electron chi connectivity index (χ3n) is 4.97. The normalized spacial score (nSPS) is 12.8. The van der Waals surface area contributed by atoms with Gasteiger partial charge in [-0.25, -0.2) is 4.79 Å². The molecule has 0 bridgehead atoms. The van der Waals surface area contributed by atoms with Gasteiger partial charge in [-0.1, -0.05) is 81.8 Å². The molecule has 3 nitrogen and oxygen atoms in total. The number of carbonyl (C=O) groups is 1. The molecule has 0 spiro atoms. The zero-order valence-electron chi connectivity index (χ0n) is 17.2. The highest BCUT2D eigenvalue weighted by Crippen LogP contribution is 2.37. The van der Waals surface area contributed by atoms with Gasteiger partial charge in [0.1, 0.15) is 0 Å². The van der Waals surface area contributed by atoms with E-state index in [4.69, 9.17) is 11.6 Å². The predicted molar refractivity (Wildman–Crippen MR) is 119 cm³/mol. The van der Waals surface area contributed by atoms with Crippen molar-refractivity contribution < 1.29 is 9.90 Å². The second kappa shape index (κ2) is 9.90. The molecule has 0 aromatic heterocycles. The molecule has 0 aliphatic carbocycles. The number of rotatable bonds is 9. The van der Waals surface area contributed by atoms with E-state index in [2.05, 4.69) is 32.6 Å². The van der Waals surface area contributed by atoms with E-state index in [1.165, 1.54) is 0 Å². The summed E-state index contributed by atoms with van der Waals surface area (Å²) in [6, 6.07) is 16.9. The minimum atomic E-state index is -0.917. The topological polar surface area (TPSA) is 40.5 Å². The van der Waals surface area contributed by atoms with Crippen molar-refractivity contribution in [1.82, 2.24) is 4.90 Å². The zero-order chi connectivity index (χ0) is 20.7. The Morgan fingerprint density at radius 2 is 1.54 bits per heavy atom. The van der Waals surface area contributed by atoms with Gasteiger partial charge >= 0.3 is 5.97 Å². The van der Waals surface area contributed by atoms with Crippen molar-refractivity contribution in [3.05, 3.63) is 70.7 Å². The van der Waals surface area contributed by atoms with E-state index >= 15 is 0 Å². The van der Waals surface area contributed by atoms with Gasteiger partial charge in [-0.3, -0.25) is 0 Å². The highest BCUT2D eigenvalue weighted by atomic mass is 35.5. The SMILES string of the molecule is CCN(CC)CC(C)(C)CC(=C(C(=O)O)c1ccc(Cl)cc1)c1ccccc1. The molecule has 0 amide bonds. The van der Waals surface area contributed by atoms with E-state index < -0.39 is 5.97 Å². The molecule has 2 aromatic rings. The number of carboxylic acids is 1. The molecular formula is C24H30ClNO2. The van der Waals surface area contributed by atoms with Crippen molar-refractivity contribution in [1.29, 1.82) is 0 Å². The number of carboxylic acid groups (broad SMARTS) is 1. The Kier molecular flexibility index (Phi) is 7.85. The summed E-state index contributed by atoms with van der Waals surface area (Å²) in [7, 11) is 0. The quantitative estimate of drug-likeness (QED) is 0.409. The Morgan fingerprint density at radius 3 is 2.04 bits per heavy atom. The van der Waals surface area contributed by atoms with Crippen molar-refractivity contribution in [2.75, 3.05) is 19.6 Å². The van der Waals surface area contributed by atoms with E-state index in [9.17, 15) is 9.90 Å². The van der Waals surface area contributed by atoms with Crippen LogP contribution >= 0.6 is 11.6 Å². The molecule has 0 radical (unpaired) electrons. The molecule has 0 unspecified atom stereocenters. The number of hydrogen-bond acceptors (Lipinski definition) is 2. The largest absolute Gasteiger partial charge is 0.478 e. The van der Waals surface area contributed by atoms with Crippen molar-refractivity contribution >= 4 is 28.7 Å². The number of halogens is 1. The van der Waals surface area contributed by atoms with Crippen LogP contribution in [-0.4, -0.2) is 35.6 Å². The second-order valence-corrected chi connectivity index (χ2v) is 8.27. The number of nitrogens with zero attached hydrogens (tertiary/aromatic N) is 1. The summed E-state index contributed by atoms with van der Waals surface area (Å²) in [5.41, 5.74) is 2.74. The lowest BCUT2D eigenvalue weighted by Crippen LogP contribution is -2.34. The summed E-state index contributed by atoms with van der Waals surface area (Å²) in [5, 5.41) is 10.7. The van der Waals surface area contributed by atoms with Gasteiger partial charge < -0.3 is 10.0 Å². The smallest absolute Gasteiger partial charge is 0.336 e. The summed E-state index contributed by atoms with van der Waals surface area (Å²) in [6.45, 7) is 11.6. The van der Waals surface area contributed by atoms with Crippen LogP contribution in [-0.2, 0) is 4.79 Å². The van der Waals surface area contributed by atoms with E-state index in [-0.39, 0.29) is 5.41 Å². The maximum absolute atomic E-state index is 12.3. The fourth-order valence-electron chi connectivity index (χ4n) is 3.60. The molecule has 0 aliphatic heterocycles. The summed E-state index contributed by atoms with van der Waals surface area (Å²) >= 11 is 6.02. The summed E-state index contributed by atoms with van der Waals surface area (Å²) < 4.78 is 0. The number of allylic oxidation sites excluding steroid dienone is 1. The van der Waals surface area contributed by atoms with Crippen LogP contribution in [0.4, 0.5) is 0 Å². The van der Waals surface area contributed by atoms with Gasteiger partial charge in [0.15, 0.2) is 0 Å². The summed E-state index contributed by atoms with van der Waals surface area (Å²) in [5.74, 6) is -0.917. The van der Waals surface area contributed by atoms with E-state index in [1.54, 1.807) is 24.3 Å². The second-order valence-electron chi connectivity index (χ2n) is 7.83. The monoisotopic (exact) mass is 399 g/mol.